The fourth-order valence-electron chi connectivity index (χ4n) is 6.26. The van der Waals surface area contributed by atoms with Crippen molar-refractivity contribution in [1.29, 1.82) is 0 Å². The molecule has 0 radical (unpaired) electrons. The quantitative estimate of drug-likeness (QED) is 0.148. The molecule has 5 nitrogen and oxygen atoms in total. The van der Waals surface area contributed by atoms with Gasteiger partial charge in [-0.15, -0.1) is 0 Å². The first-order valence-electron chi connectivity index (χ1n) is 14.4. The van der Waals surface area contributed by atoms with Gasteiger partial charge in [0, 0.05) is 64.7 Å². The predicted octanol–water partition coefficient (Wildman–Crippen LogP) is 7.85. The fraction of sp³-hybridized carbons (Fsp3) is 0.382. The number of esters is 1. The normalized spacial score (nSPS) is 16.4. The summed E-state index contributed by atoms with van der Waals surface area (Å²) in [6.45, 7) is 14.1. The van der Waals surface area contributed by atoms with E-state index in [0.29, 0.717) is 12.2 Å². The van der Waals surface area contributed by atoms with Gasteiger partial charge in [-0.25, -0.2) is 4.79 Å². The summed E-state index contributed by atoms with van der Waals surface area (Å²) in [5, 5.41) is 1.09. The molecule has 0 spiro atoms. The van der Waals surface area contributed by atoms with Crippen LogP contribution in [0.1, 0.15) is 79.7 Å². The molecule has 0 saturated carbocycles. The number of aromatic nitrogens is 1. The minimum atomic E-state index is -1.13. The van der Waals surface area contributed by atoms with Crippen LogP contribution >= 0.6 is 0 Å². The molecule has 1 aliphatic rings. The predicted molar refractivity (Wildman–Crippen MR) is 159 cm³/mol. The number of hydrogen-bond acceptors (Lipinski definition) is 4. The van der Waals surface area contributed by atoms with Crippen molar-refractivity contribution in [3.05, 3.63) is 94.7 Å². The van der Waals surface area contributed by atoms with Crippen LogP contribution in [-0.4, -0.2) is 30.2 Å². The lowest BCUT2D eigenvalue weighted by molar-refractivity contribution is 0.0245. The fourth-order valence-corrected chi connectivity index (χ4v) is 6.26. The van der Waals surface area contributed by atoms with Crippen molar-refractivity contribution >= 4 is 22.6 Å². The second-order valence-electron chi connectivity index (χ2n) is 10.2. The van der Waals surface area contributed by atoms with E-state index >= 15 is 0 Å². The lowest BCUT2D eigenvalue weighted by Crippen LogP contribution is -2.31. The Kier molecular flexibility index (Phi) is 7.69. The zero-order valence-electron chi connectivity index (χ0n) is 23.9. The number of aryl methyl sites for hydroxylation is 1. The average molecular weight is 525 g/mol. The average Bonchev–Trinajstić information content (AvgIpc) is 3.42. The van der Waals surface area contributed by atoms with E-state index in [9.17, 15) is 4.79 Å². The van der Waals surface area contributed by atoms with Crippen LogP contribution in [0.4, 0.5) is 5.69 Å². The minimum Gasteiger partial charge on any atom is -0.493 e. The molecule has 0 amide bonds. The van der Waals surface area contributed by atoms with Gasteiger partial charge in [-0.1, -0.05) is 56.2 Å². The van der Waals surface area contributed by atoms with E-state index < -0.39 is 5.60 Å². The van der Waals surface area contributed by atoms with E-state index in [1.54, 1.807) is 0 Å². The Morgan fingerprint density at radius 2 is 1.64 bits per heavy atom. The number of carbonyl (C=O) groups excluding carboxylic acids is 1. The van der Waals surface area contributed by atoms with Crippen molar-refractivity contribution in [1.82, 2.24) is 4.57 Å². The van der Waals surface area contributed by atoms with Crippen molar-refractivity contribution in [2.45, 2.75) is 66.0 Å². The van der Waals surface area contributed by atoms with Crippen molar-refractivity contribution in [3.63, 3.8) is 0 Å². The van der Waals surface area contributed by atoms with Crippen LogP contribution in [0.5, 0.6) is 5.75 Å². The third-order valence-electron chi connectivity index (χ3n) is 8.15. The molecule has 0 aliphatic carbocycles. The molecular weight excluding hydrogens is 484 g/mol. The lowest BCUT2D eigenvalue weighted by atomic mass is 9.78. The Morgan fingerprint density at radius 1 is 0.897 bits per heavy atom. The minimum absolute atomic E-state index is 0.303. The summed E-state index contributed by atoms with van der Waals surface area (Å²) in [5.41, 5.74) is 5.56. The highest BCUT2D eigenvalue weighted by atomic mass is 16.6. The number of fused-ring (bicyclic) bond motifs is 2. The Balaban J connectivity index is 1.84. The zero-order valence-corrected chi connectivity index (χ0v) is 23.9. The van der Waals surface area contributed by atoms with Gasteiger partial charge < -0.3 is 18.9 Å². The van der Waals surface area contributed by atoms with E-state index in [1.807, 2.05) is 24.3 Å². The van der Waals surface area contributed by atoms with E-state index in [2.05, 4.69) is 86.6 Å². The van der Waals surface area contributed by atoms with Crippen molar-refractivity contribution in [2.75, 3.05) is 24.6 Å². The van der Waals surface area contributed by atoms with Crippen LogP contribution in [0.2, 0.25) is 0 Å². The molecule has 39 heavy (non-hydrogen) atoms. The summed E-state index contributed by atoms with van der Waals surface area (Å²) in [6, 6.07) is 22.6. The number of benzene rings is 3. The third kappa shape index (κ3) is 4.38. The van der Waals surface area contributed by atoms with Gasteiger partial charge >= 0.3 is 5.97 Å². The van der Waals surface area contributed by atoms with Crippen LogP contribution in [-0.2, 0) is 16.9 Å². The number of nitrogens with zero attached hydrogens (tertiary/aromatic N) is 2. The molecule has 204 valence electrons. The summed E-state index contributed by atoms with van der Waals surface area (Å²) < 4.78 is 15.5. The summed E-state index contributed by atoms with van der Waals surface area (Å²) in [4.78, 5) is 15.9. The first-order chi connectivity index (χ1) is 19.0. The number of carbonyl (C=O) groups is 1. The van der Waals surface area contributed by atoms with Gasteiger partial charge in [0.25, 0.3) is 0 Å². The SMILES string of the molecule is CCCCCOc1cc(N(CC)CC)ccc1C1(c2c(C)n(CC)c3ccccc23)OC(=O)c2ccccc21. The number of ether oxygens (including phenoxy) is 2. The molecule has 3 aromatic carbocycles. The standard InChI is InChI=1S/C34H40N2O3/c1-6-10-15-22-38-31-23-25(35(7-2)8-3)20-21-29(31)34(28-18-13-11-16-26(28)33(37)39-34)32-24(5)36(9-4)30-19-14-12-17-27(30)32/h11-14,16-21,23H,6-10,15,22H2,1-5H3. The molecule has 1 aromatic heterocycles. The van der Waals surface area contributed by atoms with Gasteiger partial charge in [0.15, 0.2) is 5.60 Å². The van der Waals surface area contributed by atoms with E-state index in [4.69, 9.17) is 9.47 Å². The highest BCUT2D eigenvalue weighted by molar-refractivity contribution is 5.99. The Labute approximate surface area is 232 Å². The van der Waals surface area contributed by atoms with Gasteiger partial charge in [0.2, 0.25) is 0 Å². The van der Waals surface area contributed by atoms with Gasteiger partial charge in [0.05, 0.1) is 12.2 Å². The van der Waals surface area contributed by atoms with Crippen molar-refractivity contribution in [3.8, 4) is 5.75 Å². The van der Waals surface area contributed by atoms with Crippen LogP contribution in [0, 0.1) is 6.92 Å². The molecule has 0 bridgehead atoms. The lowest BCUT2D eigenvalue weighted by Gasteiger charge is -2.33. The number of unbranched alkanes of at least 4 members (excludes halogenated alkanes) is 2. The van der Waals surface area contributed by atoms with Gasteiger partial charge in [-0.05, 0) is 58.4 Å². The van der Waals surface area contributed by atoms with Crippen LogP contribution in [0.15, 0.2) is 66.7 Å². The van der Waals surface area contributed by atoms with Crippen molar-refractivity contribution in [2.24, 2.45) is 0 Å². The summed E-state index contributed by atoms with van der Waals surface area (Å²) in [7, 11) is 0. The third-order valence-corrected chi connectivity index (χ3v) is 8.15. The van der Waals surface area contributed by atoms with Gasteiger partial charge in [-0.3, -0.25) is 0 Å². The number of rotatable bonds is 11. The number of cyclic esters (lactones) is 1. The molecule has 1 unspecified atom stereocenters. The van der Waals surface area contributed by atoms with Crippen LogP contribution in [0.25, 0.3) is 10.9 Å². The van der Waals surface area contributed by atoms with Gasteiger partial charge in [0.1, 0.15) is 5.75 Å². The van der Waals surface area contributed by atoms with E-state index in [-0.39, 0.29) is 5.97 Å². The summed E-state index contributed by atoms with van der Waals surface area (Å²) in [6.07, 6.45) is 3.21. The maximum atomic E-state index is 13.6. The first kappa shape index (κ1) is 26.9. The molecule has 0 saturated heterocycles. The molecule has 2 heterocycles. The van der Waals surface area contributed by atoms with E-state index in [0.717, 1.165) is 83.6 Å². The Bertz CT molecular complexity index is 1480. The Hall–Kier alpha value is -3.73. The molecule has 1 aliphatic heterocycles. The summed E-state index contributed by atoms with van der Waals surface area (Å²) in [5.74, 6) is 0.468. The second kappa shape index (κ2) is 11.2. The molecule has 5 heteroatoms. The van der Waals surface area contributed by atoms with E-state index in [1.165, 1.54) is 0 Å². The van der Waals surface area contributed by atoms with Gasteiger partial charge in [-0.2, -0.15) is 0 Å². The zero-order chi connectivity index (χ0) is 27.6. The number of para-hydroxylation sites is 1. The maximum absolute atomic E-state index is 13.6. The van der Waals surface area contributed by atoms with Crippen LogP contribution in [0.3, 0.4) is 0 Å². The van der Waals surface area contributed by atoms with Crippen molar-refractivity contribution < 1.29 is 14.3 Å². The topological polar surface area (TPSA) is 43.7 Å². The molecule has 5 rings (SSSR count). The highest BCUT2D eigenvalue weighted by Crippen LogP contribution is 2.53. The number of hydrogen-bond donors (Lipinski definition) is 0. The molecule has 4 aromatic rings. The Morgan fingerprint density at radius 3 is 2.38 bits per heavy atom. The smallest absolute Gasteiger partial charge is 0.340 e. The molecule has 1 atom stereocenters. The molecular formula is C34H40N2O3. The molecule has 0 N–H and O–H groups in total. The maximum Gasteiger partial charge on any atom is 0.340 e. The highest BCUT2D eigenvalue weighted by Gasteiger charge is 2.52. The number of anilines is 1. The van der Waals surface area contributed by atoms with Crippen LogP contribution < -0.4 is 9.64 Å². The molecule has 0 fully saturated rings. The second-order valence-corrected chi connectivity index (χ2v) is 10.2. The largest absolute Gasteiger partial charge is 0.493 e. The summed E-state index contributed by atoms with van der Waals surface area (Å²) >= 11 is 0. The monoisotopic (exact) mass is 524 g/mol. The first-order valence-corrected chi connectivity index (χ1v) is 14.4.